The number of aromatic nitrogens is 1. The van der Waals surface area contributed by atoms with Crippen LogP contribution in [-0.2, 0) is 9.59 Å². The quantitative estimate of drug-likeness (QED) is 0.876. The number of anilines is 1. The summed E-state index contributed by atoms with van der Waals surface area (Å²) in [6.07, 6.45) is 1.86. The molecule has 19 heavy (non-hydrogen) atoms. The maximum absolute atomic E-state index is 12.1. The number of rotatable bonds is 4. The van der Waals surface area contributed by atoms with Crippen molar-refractivity contribution in [3.05, 3.63) is 18.3 Å². The van der Waals surface area contributed by atoms with Crippen molar-refractivity contribution in [3.8, 4) is 5.88 Å². The van der Waals surface area contributed by atoms with Crippen molar-refractivity contribution in [1.82, 2.24) is 9.88 Å². The Morgan fingerprint density at radius 3 is 3.05 bits per heavy atom. The Labute approximate surface area is 111 Å². The maximum atomic E-state index is 12.1. The minimum absolute atomic E-state index is 0.0285. The van der Waals surface area contributed by atoms with E-state index in [1.807, 2.05) is 6.92 Å². The largest absolute Gasteiger partial charge is 0.480 e. The zero-order valence-corrected chi connectivity index (χ0v) is 11.0. The van der Waals surface area contributed by atoms with Gasteiger partial charge in [0.05, 0.1) is 13.0 Å². The van der Waals surface area contributed by atoms with Gasteiger partial charge in [0.1, 0.15) is 5.69 Å². The van der Waals surface area contributed by atoms with Crippen LogP contribution < -0.4 is 10.1 Å². The molecule has 6 nitrogen and oxygen atoms in total. The molecule has 0 aromatic carbocycles. The van der Waals surface area contributed by atoms with E-state index in [0.29, 0.717) is 24.7 Å². The second kappa shape index (κ2) is 5.69. The summed E-state index contributed by atoms with van der Waals surface area (Å²) in [6.45, 7) is 3.02. The molecule has 1 fully saturated rings. The molecule has 0 aliphatic carbocycles. The highest BCUT2D eigenvalue weighted by Crippen LogP contribution is 2.23. The van der Waals surface area contributed by atoms with Crippen molar-refractivity contribution in [2.45, 2.75) is 13.3 Å². The lowest BCUT2D eigenvalue weighted by Gasteiger charge is -2.14. The topological polar surface area (TPSA) is 71.5 Å². The van der Waals surface area contributed by atoms with Crippen LogP contribution in [0.4, 0.5) is 5.69 Å². The molecule has 1 atom stereocenters. The fraction of sp³-hybridized carbons (Fsp3) is 0.462. The molecule has 1 aliphatic rings. The normalized spacial score (nSPS) is 18.5. The molecule has 0 bridgehead atoms. The van der Waals surface area contributed by atoms with Crippen molar-refractivity contribution in [2.75, 3.05) is 25.5 Å². The molecular formula is C13H17N3O3. The van der Waals surface area contributed by atoms with Crippen LogP contribution in [0.3, 0.4) is 0 Å². The number of hydrogen-bond acceptors (Lipinski definition) is 4. The first-order valence-corrected chi connectivity index (χ1v) is 6.23. The van der Waals surface area contributed by atoms with Crippen molar-refractivity contribution in [2.24, 2.45) is 5.92 Å². The number of ether oxygens (including phenoxy) is 1. The van der Waals surface area contributed by atoms with Crippen LogP contribution in [0.1, 0.15) is 13.3 Å². The van der Waals surface area contributed by atoms with Crippen LogP contribution in [0, 0.1) is 5.92 Å². The lowest BCUT2D eigenvalue weighted by Crippen LogP contribution is -2.28. The van der Waals surface area contributed by atoms with Crippen LogP contribution in [0.2, 0.25) is 0 Å². The molecule has 1 unspecified atom stereocenters. The van der Waals surface area contributed by atoms with E-state index in [0.717, 1.165) is 0 Å². The summed E-state index contributed by atoms with van der Waals surface area (Å²) in [5.41, 5.74) is 0.525. The van der Waals surface area contributed by atoms with Gasteiger partial charge in [0, 0.05) is 25.7 Å². The third-order valence-electron chi connectivity index (χ3n) is 3.19. The number of nitrogens with one attached hydrogen (secondary N) is 1. The summed E-state index contributed by atoms with van der Waals surface area (Å²) >= 11 is 0. The van der Waals surface area contributed by atoms with Crippen LogP contribution in [0.25, 0.3) is 0 Å². The van der Waals surface area contributed by atoms with E-state index in [1.165, 1.54) is 7.11 Å². The summed E-state index contributed by atoms with van der Waals surface area (Å²) in [7, 11) is 1.50. The van der Waals surface area contributed by atoms with Crippen molar-refractivity contribution in [3.63, 3.8) is 0 Å². The predicted molar refractivity (Wildman–Crippen MR) is 69.8 cm³/mol. The molecule has 0 spiro atoms. The lowest BCUT2D eigenvalue weighted by atomic mass is 10.1. The molecule has 1 aliphatic heterocycles. The van der Waals surface area contributed by atoms with E-state index in [4.69, 9.17) is 4.74 Å². The van der Waals surface area contributed by atoms with Crippen LogP contribution in [-0.4, -0.2) is 41.9 Å². The first-order chi connectivity index (χ1) is 9.15. The Morgan fingerprint density at radius 1 is 1.63 bits per heavy atom. The number of carbonyl (C=O) groups is 2. The number of carbonyl (C=O) groups excluding carboxylic acids is 2. The van der Waals surface area contributed by atoms with Gasteiger partial charge in [0.25, 0.3) is 0 Å². The van der Waals surface area contributed by atoms with Gasteiger partial charge in [-0.25, -0.2) is 4.98 Å². The van der Waals surface area contributed by atoms with Gasteiger partial charge < -0.3 is 15.0 Å². The highest BCUT2D eigenvalue weighted by molar-refractivity contribution is 5.97. The molecular weight excluding hydrogens is 246 g/mol. The third-order valence-corrected chi connectivity index (χ3v) is 3.19. The monoisotopic (exact) mass is 263 g/mol. The zero-order valence-electron chi connectivity index (χ0n) is 11.0. The highest BCUT2D eigenvalue weighted by Gasteiger charge is 2.33. The second-order valence-electron chi connectivity index (χ2n) is 4.38. The number of nitrogens with zero attached hydrogens (tertiary/aromatic N) is 2. The Balaban J connectivity index is 2.04. The smallest absolute Gasteiger partial charge is 0.237 e. The summed E-state index contributed by atoms with van der Waals surface area (Å²) in [6, 6.07) is 3.44. The SMILES string of the molecule is CCN1CC(C(=O)Nc2cccnc2OC)CC1=O. The van der Waals surface area contributed by atoms with Crippen molar-refractivity contribution >= 4 is 17.5 Å². The summed E-state index contributed by atoms with van der Waals surface area (Å²) < 4.78 is 5.07. The average molecular weight is 263 g/mol. The second-order valence-corrected chi connectivity index (χ2v) is 4.38. The maximum Gasteiger partial charge on any atom is 0.237 e. The van der Waals surface area contributed by atoms with E-state index in [-0.39, 0.29) is 24.2 Å². The average Bonchev–Trinajstić information content (AvgIpc) is 2.80. The zero-order chi connectivity index (χ0) is 13.8. The van der Waals surface area contributed by atoms with E-state index in [1.54, 1.807) is 23.2 Å². The van der Waals surface area contributed by atoms with Gasteiger partial charge in [-0.3, -0.25) is 9.59 Å². The third kappa shape index (κ3) is 2.83. The predicted octanol–water partition coefficient (Wildman–Crippen LogP) is 0.897. The summed E-state index contributed by atoms with van der Waals surface area (Å²) in [5.74, 6) is -0.0821. The summed E-state index contributed by atoms with van der Waals surface area (Å²) in [5, 5.41) is 2.76. The lowest BCUT2D eigenvalue weighted by molar-refractivity contribution is -0.128. The van der Waals surface area contributed by atoms with Gasteiger partial charge in [0.2, 0.25) is 17.7 Å². The molecule has 2 heterocycles. The van der Waals surface area contributed by atoms with Gasteiger partial charge in [-0.15, -0.1) is 0 Å². The first-order valence-electron chi connectivity index (χ1n) is 6.23. The first kappa shape index (κ1) is 13.3. The minimum Gasteiger partial charge on any atom is -0.480 e. The molecule has 6 heteroatoms. The molecule has 1 aromatic rings. The fourth-order valence-electron chi connectivity index (χ4n) is 2.14. The van der Waals surface area contributed by atoms with Gasteiger partial charge in [0.15, 0.2) is 0 Å². The van der Waals surface area contributed by atoms with Gasteiger partial charge in [-0.2, -0.15) is 0 Å². The molecule has 1 aromatic heterocycles. The number of methoxy groups -OCH3 is 1. The van der Waals surface area contributed by atoms with E-state index < -0.39 is 0 Å². The molecule has 0 saturated carbocycles. The number of amides is 2. The number of hydrogen-bond donors (Lipinski definition) is 1. The Morgan fingerprint density at radius 2 is 2.42 bits per heavy atom. The minimum atomic E-state index is -0.308. The molecule has 1 saturated heterocycles. The fourth-order valence-corrected chi connectivity index (χ4v) is 2.14. The number of pyridine rings is 1. The highest BCUT2D eigenvalue weighted by atomic mass is 16.5. The molecule has 2 amide bonds. The Hall–Kier alpha value is -2.11. The summed E-state index contributed by atoms with van der Waals surface area (Å²) in [4.78, 5) is 29.4. The van der Waals surface area contributed by atoms with E-state index >= 15 is 0 Å². The molecule has 0 radical (unpaired) electrons. The van der Waals surface area contributed by atoms with Crippen LogP contribution in [0.5, 0.6) is 5.88 Å². The van der Waals surface area contributed by atoms with Crippen molar-refractivity contribution in [1.29, 1.82) is 0 Å². The van der Waals surface area contributed by atoms with E-state index in [2.05, 4.69) is 10.3 Å². The standard InChI is InChI=1S/C13H17N3O3/c1-3-16-8-9(7-11(16)17)12(18)15-10-5-4-6-14-13(10)19-2/h4-6,9H,3,7-8H2,1-2H3,(H,15,18). The van der Waals surface area contributed by atoms with E-state index in [9.17, 15) is 9.59 Å². The number of likely N-dealkylation sites (tertiary alicyclic amines) is 1. The molecule has 1 N–H and O–H groups in total. The van der Waals surface area contributed by atoms with Crippen molar-refractivity contribution < 1.29 is 14.3 Å². The Bertz CT molecular complexity index is 490. The van der Waals surface area contributed by atoms with Gasteiger partial charge in [-0.1, -0.05) is 0 Å². The Kier molecular flexibility index (Phi) is 3.99. The van der Waals surface area contributed by atoms with Gasteiger partial charge in [-0.05, 0) is 19.1 Å². The molecule has 102 valence electrons. The van der Waals surface area contributed by atoms with Crippen LogP contribution >= 0.6 is 0 Å². The molecule has 2 rings (SSSR count). The van der Waals surface area contributed by atoms with Crippen LogP contribution in [0.15, 0.2) is 18.3 Å². The van der Waals surface area contributed by atoms with Gasteiger partial charge >= 0.3 is 0 Å².